The standard InChI is InChI=1S/C18H12N2S/c1-2-6-13(7-3-1)17-18(14-10-11-21-12-14)20-16-9-5-4-8-15(16)19-17/h1-12H. The molecule has 2 nitrogen and oxygen atoms in total. The Kier molecular flexibility index (Phi) is 2.98. The van der Waals surface area contributed by atoms with Crippen LogP contribution in [0.4, 0.5) is 0 Å². The number of para-hydroxylation sites is 2. The lowest BCUT2D eigenvalue weighted by Crippen LogP contribution is -1.94. The van der Waals surface area contributed by atoms with Gasteiger partial charge in [0.25, 0.3) is 0 Å². The van der Waals surface area contributed by atoms with E-state index in [4.69, 9.17) is 9.97 Å². The highest BCUT2D eigenvalue weighted by atomic mass is 32.1. The lowest BCUT2D eigenvalue weighted by Gasteiger charge is -2.09. The Bertz CT molecular complexity index is 884. The van der Waals surface area contributed by atoms with Crippen molar-refractivity contribution < 1.29 is 0 Å². The average molecular weight is 288 g/mol. The van der Waals surface area contributed by atoms with Gasteiger partial charge < -0.3 is 0 Å². The van der Waals surface area contributed by atoms with Gasteiger partial charge in [0, 0.05) is 16.5 Å². The van der Waals surface area contributed by atoms with Crippen molar-refractivity contribution in [3.63, 3.8) is 0 Å². The number of benzene rings is 2. The number of nitrogens with zero attached hydrogens (tertiary/aromatic N) is 2. The van der Waals surface area contributed by atoms with Crippen LogP contribution < -0.4 is 0 Å². The molecule has 2 aromatic carbocycles. The molecule has 0 bridgehead atoms. The van der Waals surface area contributed by atoms with Crippen LogP contribution in [0.5, 0.6) is 0 Å². The first kappa shape index (κ1) is 12.2. The van der Waals surface area contributed by atoms with Gasteiger partial charge in [-0.15, -0.1) is 0 Å². The number of rotatable bonds is 2. The van der Waals surface area contributed by atoms with E-state index in [0.717, 1.165) is 33.5 Å². The molecule has 0 aliphatic carbocycles. The van der Waals surface area contributed by atoms with Crippen LogP contribution in [0.3, 0.4) is 0 Å². The molecule has 0 aliphatic heterocycles. The minimum absolute atomic E-state index is 0.926. The molecule has 4 rings (SSSR count). The highest BCUT2D eigenvalue weighted by Crippen LogP contribution is 2.31. The first-order valence-electron chi connectivity index (χ1n) is 6.76. The highest BCUT2D eigenvalue weighted by Gasteiger charge is 2.12. The zero-order valence-corrected chi connectivity index (χ0v) is 12.0. The van der Waals surface area contributed by atoms with Crippen molar-refractivity contribution in [2.45, 2.75) is 0 Å². The molecule has 0 N–H and O–H groups in total. The van der Waals surface area contributed by atoms with Crippen LogP contribution in [-0.4, -0.2) is 9.97 Å². The third kappa shape index (κ3) is 2.22. The van der Waals surface area contributed by atoms with Crippen LogP contribution >= 0.6 is 11.3 Å². The van der Waals surface area contributed by atoms with Gasteiger partial charge in [-0.2, -0.15) is 11.3 Å². The van der Waals surface area contributed by atoms with Gasteiger partial charge in [-0.1, -0.05) is 42.5 Å². The van der Waals surface area contributed by atoms with Crippen LogP contribution in [0, 0.1) is 0 Å². The van der Waals surface area contributed by atoms with E-state index < -0.39 is 0 Å². The lowest BCUT2D eigenvalue weighted by molar-refractivity contribution is 1.30. The molecule has 3 heteroatoms. The van der Waals surface area contributed by atoms with Gasteiger partial charge in [0.15, 0.2) is 0 Å². The number of hydrogen-bond acceptors (Lipinski definition) is 3. The maximum absolute atomic E-state index is 4.84. The Balaban J connectivity index is 2.05. The molecule has 100 valence electrons. The van der Waals surface area contributed by atoms with E-state index in [1.54, 1.807) is 11.3 Å². The predicted molar refractivity (Wildman–Crippen MR) is 88.3 cm³/mol. The van der Waals surface area contributed by atoms with Gasteiger partial charge >= 0.3 is 0 Å². The topological polar surface area (TPSA) is 25.8 Å². The Labute approximate surface area is 126 Å². The largest absolute Gasteiger partial charge is 0.244 e. The third-order valence-corrected chi connectivity index (χ3v) is 4.10. The van der Waals surface area contributed by atoms with Gasteiger partial charge in [-0.25, -0.2) is 9.97 Å². The summed E-state index contributed by atoms with van der Waals surface area (Å²) in [6.07, 6.45) is 0. The molecule has 0 spiro atoms. The van der Waals surface area contributed by atoms with E-state index in [1.807, 2.05) is 42.5 Å². The lowest BCUT2D eigenvalue weighted by atomic mass is 10.1. The maximum atomic E-state index is 4.84. The molecule has 0 atom stereocenters. The zero-order valence-electron chi connectivity index (χ0n) is 11.2. The molecule has 4 aromatic rings. The van der Waals surface area contributed by atoms with Crippen LogP contribution in [0.15, 0.2) is 71.4 Å². The summed E-state index contributed by atoms with van der Waals surface area (Å²) in [5, 5.41) is 4.19. The molecule has 0 radical (unpaired) electrons. The molecule has 0 saturated carbocycles. The highest BCUT2D eigenvalue weighted by molar-refractivity contribution is 7.08. The minimum Gasteiger partial charge on any atom is -0.244 e. The summed E-state index contributed by atoms with van der Waals surface area (Å²) in [4.78, 5) is 9.68. The SMILES string of the molecule is c1ccc(-c2nc3ccccc3nc2-c2ccsc2)cc1. The van der Waals surface area contributed by atoms with Crippen molar-refractivity contribution in [1.82, 2.24) is 9.97 Å². The van der Waals surface area contributed by atoms with Crippen molar-refractivity contribution in [1.29, 1.82) is 0 Å². The minimum atomic E-state index is 0.926. The van der Waals surface area contributed by atoms with E-state index in [-0.39, 0.29) is 0 Å². The second kappa shape index (κ2) is 5.11. The summed E-state index contributed by atoms with van der Waals surface area (Å²) < 4.78 is 0. The quantitative estimate of drug-likeness (QED) is 0.517. The smallest absolute Gasteiger partial charge is 0.0981 e. The van der Waals surface area contributed by atoms with Crippen LogP contribution in [-0.2, 0) is 0 Å². The molecule has 2 heterocycles. The summed E-state index contributed by atoms with van der Waals surface area (Å²) >= 11 is 1.68. The van der Waals surface area contributed by atoms with Gasteiger partial charge in [0.1, 0.15) is 0 Å². The van der Waals surface area contributed by atoms with Crippen molar-refractivity contribution in [3.8, 4) is 22.5 Å². The number of hydrogen-bond donors (Lipinski definition) is 0. The predicted octanol–water partition coefficient (Wildman–Crippen LogP) is 5.03. The van der Waals surface area contributed by atoms with Gasteiger partial charge in [-0.3, -0.25) is 0 Å². The number of thiophene rings is 1. The van der Waals surface area contributed by atoms with E-state index in [2.05, 4.69) is 29.0 Å². The van der Waals surface area contributed by atoms with Gasteiger partial charge in [0.05, 0.1) is 22.4 Å². The fourth-order valence-corrected chi connectivity index (χ4v) is 3.04. The molecule has 2 aromatic heterocycles. The summed E-state index contributed by atoms with van der Waals surface area (Å²) in [5.74, 6) is 0. The summed E-state index contributed by atoms with van der Waals surface area (Å²) in [5.41, 5.74) is 5.96. The van der Waals surface area contributed by atoms with Crippen molar-refractivity contribution in [3.05, 3.63) is 71.4 Å². The van der Waals surface area contributed by atoms with Gasteiger partial charge in [-0.05, 0) is 23.6 Å². The Hall–Kier alpha value is -2.52. The molecule has 0 unspecified atom stereocenters. The fraction of sp³-hybridized carbons (Fsp3) is 0. The normalized spacial score (nSPS) is 10.9. The first-order chi connectivity index (χ1) is 10.4. The van der Waals surface area contributed by atoms with Crippen molar-refractivity contribution >= 4 is 22.4 Å². The maximum Gasteiger partial charge on any atom is 0.0981 e. The molecule has 0 fully saturated rings. The number of fused-ring (bicyclic) bond motifs is 1. The molecule has 21 heavy (non-hydrogen) atoms. The molecule has 0 amide bonds. The molecular weight excluding hydrogens is 276 g/mol. The average Bonchev–Trinajstić information content (AvgIpc) is 3.09. The van der Waals surface area contributed by atoms with E-state index >= 15 is 0 Å². The third-order valence-electron chi connectivity index (χ3n) is 3.41. The number of aromatic nitrogens is 2. The van der Waals surface area contributed by atoms with Crippen LogP contribution in [0.25, 0.3) is 33.5 Å². The van der Waals surface area contributed by atoms with E-state index in [1.165, 1.54) is 0 Å². The van der Waals surface area contributed by atoms with E-state index in [0.29, 0.717) is 0 Å². The molecular formula is C18H12N2S. The zero-order chi connectivity index (χ0) is 14.1. The monoisotopic (exact) mass is 288 g/mol. The summed E-state index contributed by atoms with van der Waals surface area (Å²) in [7, 11) is 0. The second-order valence-electron chi connectivity index (χ2n) is 4.79. The van der Waals surface area contributed by atoms with Crippen molar-refractivity contribution in [2.24, 2.45) is 0 Å². The second-order valence-corrected chi connectivity index (χ2v) is 5.57. The Morgan fingerprint density at radius 2 is 1.24 bits per heavy atom. The van der Waals surface area contributed by atoms with E-state index in [9.17, 15) is 0 Å². The fourth-order valence-electron chi connectivity index (χ4n) is 2.40. The van der Waals surface area contributed by atoms with Crippen LogP contribution in [0.2, 0.25) is 0 Å². The van der Waals surface area contributed by atoms with Gasteiger partial charge in [0.2, 0.25) is 0 Å². The Morgan fingerprint density at radius 1 is 0.619 bits per heavy atom. The first-order valence-corrected chi connectivity index (χ1v) is 7.71. The summed E-state index contributed by atoms with van der Waals surface area (Å²) in [6, 6.07) is 20.3. The van der Waals surface area contributed by atoms with Crippen molar-refractivity contribution in [2.75, 3.05) is 0 Å². The molecule has 0 saturated heterocycles. The Morgan fingerprint density at radius 3 is 1.86 bits per heavy atom. The van der Waals surface area contributed by atoms with Crippen LogP contribution in [0.1, 0.15) is 0 Å². The molecule has 0 aliphatic rings. The summed E-state index contributed by atoms with van der Waals surface area (Å²) in [6.45, 7) is 0.